The Balaban J connectivity index is 1.82. The molecule has 0 aromatic carbocycles. The minimum atomic E-state index is 0.0760. The van der Waals surface area contributed by atoms with E-state index in [1.54, 1.807) is 7.11 Å². The molecule has 0 aromatic rings. The van der Waals surface area contributed by atoms with Gasteiger partial charge in [-0.25, -0.2) is 0 Å². The first-order chi connectivity index (χ1) is 10.2. The number of aliphatic hydroxyl groups excluding tert-OH is 1. The molecule has 0 bridgehead atoms. The summed E-state index contributed by atoms with van der Waals surface area (Å²) in [6, 6.07) is 0. The van der Waals surface area contributed by atoms with Gasteiger partial charge in [-0.3, -0.25) is 4.99 Å². The number of aliphatic hydroxyl groups is 1. The molecule has 0 radical (unpaired) electrons. The minimum Gasteiger partial charge on any atom is -0.396 e. The molecular formula is C16H31N3O2. The third-order valence-corrected chi connectivity index (χ3v) is 5.09. The third kappa shape index (κ3) is 4.58. The van der Waals surface area contributed by atoms with E-state index < -0.39 is 0 Å². The smallest absolute Gasteiger partial charge is 0.191 e. The average molecular weight is 297 g/mol. The second kappa shape index (κ2) is 7.45. The summed E-state index contributed by atoms with van der Waals surface area (Å²) < 4.78 is 5.24. The van der Waals surface area contributed by atoms with Crippen LogP contribution in [0.3, 0.4) is 0 Å². The molecule has 2 aliphatic rings. The van der Waals surface area contributed by atoms with Crippen molar-refractivity contribution >= 4 is 5.96 Å². The van der Waals surface area contributed by atoms with Gasteiger partial charge >= 0.3 is 0 Å². The summed E-state index contributed by atoms with van der Waals surface area (Å²) in [4.78, 5) is 4.66. The van der Waals surface area contributed by atoms with E-state index in [2.05, 4.69) is 22.5 Å². The number of aliphatic imine (C=N–C) groups is 1. The van der Waals surface area contributed by atoms with Gasteiger partial charge in [0.1, 0.15) is 0 Å². The summed E-state index contributed by atoms with van der Waals surface area (Å²) in [7, 11) is 1.77. The second-order valence-electron chi connectivity index (χ2n) is 6.80. The van der Waals surface area contributed by atoms with E-state index in [0.717, 1.165) is 51.5 Å². The van der Waals surface area contributed by atoms with Crippen molar-refractivity contribution in [2.24, 2.45) is 15.8 Å². The summed E-state index contributed by atoms with van der Waals surface area (Å²) in [5, 5.41) is 16.2. The van der Waals surface area contributed by atoms with Gasteiger partial charge in [-0.05, 0) is 44.4 Å². The highest BCUT2D eigenvalue weighted by molar-refractivity contribution is 5.79. The van der Waals surface area contributed by atoms with E-state index in [1.807, 2.05) is 0 Å². The van der Waals surface area contributed by atoms with Crippen molar-refractivity contribution in [2.75, 3.05) is 40.0 Å². The van der Waals surface area contributed by atoms with Crippen molar-refractivity contribution < 1.29 is 9.84 Å². The van der Waals surface area contributed by atoms with E-state index in [4.69, 9.17) is 4.74 Å². The monoisotopic (exact) mass is 297 g/mol. The van der Waals surface area contributed by atoms with Crippen LogP contribution in [0.2, 0.25) is 0 Å². The molecule has 0 unspecified atom stereocenters. The molecule has 0 aliphatic heterocycles. The number of nitrogens with zero attached hydrogens (tertiary/aromatic N) is 1. The molecule has 0 saturated heterocycles. The zero-order chi connectivity index (χ0) is 15.2. The number of hydrogen-bond donors (Lipinski definition) is 3. The molecule has 2 saturated carbocycles. The highest BCUT2D eigenvalue weighted by Gasteiger charge is 2.42. The highest BCUT2D eigenvalue weighted by Crippen LogP contribution is 2.45. The standard InChI is InChI=1S/C16H31N3O2/c1-3-17-14(19-12-16(13-20)7-8-16)18-11-15(5-4-6-15)9-10-21-2/h20H,3-13H2,1-2H3,(H2,17,18,19). The Labute approximate surface area is 128 Å². The van der Waals surface area contributed by atoms with Crippen molar-refractivity contribution in [3.05, 3.63) is 0 Å². The van der Waals surface area contributed by atoms with E-state index in [1.165, 1.54) is 19.3 Å². The van der Waals surface area contributed by atoms with Crippen molar-refractivity contribution in [2.45, 2.75) is 45.4 Å². The molecule has 2 aliphatic carbocycles. The van der Waals surface area contributed by atoms with E-state index in [9.17, 15) is 5.11 Å². The van der Waals surface area contributed by atoms with Gasteiger partial charge < -0.3 is 20.5 Å². The molecule has 0 spiro atoms. The largest absolute Gasteiger partial charge is 0.396 e. The number of hydrogen-bond acceptors (Lipinski definition) is 3. The predicted octanol–water partition coefficient (Wildman–Crippen LogP) is 1.52. The van der Waals surface area contributed by atoms with Gasteiger partial charge in [0.15, 0.2) is 5.96 Å². The predicted molar refractivity (Wildman–Crippen MR) is 85.5 cm³/mol. The Morgan fingerprint density at radius 3 is 2.43 bits per heavy atom. The fourth-order valence-corrected chi connectivity index (χ4v) is 2.91. The van der Waals surface area contributed by atoms with Crippen LogP contribution in [0.5, 0.6) is 0 Å². The van der Waals surface area contributed by atoms with Gasteiger partial charge in [0.05, 0.1) is 13.2 Å². The molecule has 5 nitrogen and oxygen atoms in total. The maximum absolute atomic E-state index is 9.38. The molecule has 2 fully saturated rings. The fourth-order valence-electron chi connectivity index (χ4n) is 2.91. The summed E-state index contributed by atoms with van der Waals surface area (Å²) >= 11 is 0. The normalized spacial score (nSPS) is 22.5. The molecule has 0 heterocycles. The van der Waals surface area contributed by atoms with Gasteiger partial charge in [0.2, 0.25) is 0 Å². The zero-order valence-corrected chi connectivity index (χ0v) is 13.6. The zero-order valence-electron chi connectivity index (χ0n) is 13.6. The Morgan fingerprint density at radius 1 is 1.19 bits per heavy atom. The van der Waals surface area contributed by atoms with Crippen LogP contribution in [-0.2, 0) is 4.74 Å². The first-order valence-corrected chi connectivity index (χ1v) is 8.30. The van der Waals surface area contributed by atoms with Crippen LogP contribution in [0, 0.1) is 10.8 Å². The first-order valence-electron chi connectivity index (χ1n) is 8.30. The van der Waals surface area contributed by atoms with Crippen molar-refractivity contribution in [3.63, 3.8) is 0 Å². The van der Waals surface area contributed by atoms with Gasteiger partial charge in [-0.2, -0.15) is 0 Å². The number of methoxy groups -OCH3 is 1. The molecule has 21 heavy (non-hydrogen) atoms. The summed E-state index contributed by atoms with van der Waals surface area (Å²) in [5.41, 5.74) is 0.465. The summed E-state index contributed by atoms with van der Waals surface area (Å²) in [5.74, 6) is 0.890. The summed E-state index contributed by atoms with van der Waals surface area (Å²) in [6.07, 6.45) is 7.21. The first kappa shape index (κ1) is 16.6. The lowest BCUT2D eigenvalue weighted by Gasteiger charge is -2.42. The van der Waals surface area contributed by atoms with Crippen LogP contribution in [0.1, 0.15) is 45.4 Å². The van der Waals surface area contributed by atoms with Crippen molar-refractivity contribution in [3.8, 4) is 0 Å². The Morgan fingerprint density at radius 2 is 1.95 bits per heavy atom. The van der Waals surface area contributed by atoms with E-state index in [0.29, 0.717) is 5.41 Å². The van der Waals surface area contributed by atoms with E-state index >= 15 is 0 Å². The summed E-state index contributed by atoms with van der Waals surface area (Å²) in [6.45, 7) is 5.73. The quantitative estimate of drug-likeness (QED) is 0.446. The maximum atomic E-state index is 9.38. The van der Waals surface area contributed by atoms with Crippen molar-refractivity contribution in [1.82, 2.24) is 10.6 Å². The molecule has 2 rings (SSSR count). The lowest BCUT2D eigenvalue weighted by Crippen LogP contribution is -2.47. The SMILES string of the molecule is CCNC(=NCC1(CO)CC1)NCC1(CCOC)CCC1. The van der Waals surface area contributed by atoms with Crippen LogP contribution in [0.25, 0.3) is 0 Å². The minimum absolute atomic E-state index is 0.0760. The number of guanidine groups is 1. The van der Waals surface area contributed by atoms with Gasteiger partial charge in [0.25, 0.3) is 0 Å². The van der Waals surface area contributed by atoms with Crippen LogP contribution >= 0.6 is 0 Å². The fraction of sp³-hybridized carbons (Fsp3) is 0.938. The molecule has 3 N–H and O–H groups in total. The second-order valence-corrected chi connectivity index (χ2v) is 6.80. The van der Waals surface area contributed by atoms with Gasteiger partial charge in [-0.1, -0.05) is 6.42 Å². The van der Waals surface area contributed by atoms with Gasteiger partial charge in [-0.15, -0.1) is 0 Å². The van der Waals surface area contributed by atoms with Crippen LogP contribution < -0.4 is 10.6 Å². The number of rotatable bonds is 9. The molecule has 5 heteroatoms. The Hall–Kier alpha value is -0.810. The number of ether oxygens (including phenoxy) is 1. The third-order valence-electron chi connectivity index (χ3n) is 5.09. The molecule has 0 amide bonds. The lowest BCUT2D eigenvalue weighted by atomic mass is 9.67. The van der Waals surface area contributed by atoms with Crippen molar-refractivity contribution in [1.29, 1.82) is 0 Å². The average Bonchev–Trinajstić information content (AvgIpc) is 3.23. The van der Waals surface area contributed by atoms with Crippen LogP contribution in [0.4, 0.5) is 0 Å². The highest BCUT2D eigenvalue weighted by atomic mass is 16.5. The molecule has 0 aromatic heterocycles. The van der Waals surface area contributed by atoms with Crippen LogP contribution in [0.15, 0.2) is 4.99 Å². The maximum Gasteiger partial charge on any atom is 0.191 e. The number of nitrogens with one attached hydrogen (secondary N) is 2. The molecular weight excluding hydrogens is 266 g/mol. The van der Waals surface area contributed by atoms with Gasteiger partial charge in [0, 0.05) is 32.2 Å². The van der Waals surface area contributed by atoms with Crippen LogP contribution in [-0.4, -0.2) is 51.0 Å². The Kier molecular flexibility index (Phi) is 5.88. The molecule has 122 valence electrons. The Bertz CT molecular complexity index is 349. The van der Waals surface area contributed by atoms with E-state index in [-0.39, 0.29) is 12.0 Å². The molecule has 0 atom stereocenters. The topological polar surface area (TPSA) is 65.9 Å². The lowest BCUT2D eigenvalue weighted by molar-refractivity contribution is 0.0732.